The number of ether oxygens (including phenoxy) is 1. The highest BCUT2D eigenvalue weighted by molar-refractivity contribution is 5.95. The zero-order valence-corrected chi connectivity index (χ0v) is 12.5. The molecule has 2 aromatic rings. The molecule has 0 spiro atoms. The molecule has 0 N–H and O–H groups in total. The molecule has 114 valence electrons. The van der Waals surface area contributed by atoms with Gasteiger partial charge in [0.2, 0.25) is 0 Å². The number of hydrogen-bond donors (Lipinski definition) is 0. The van der Waals surface area contributed by atoms with E-state index in [0.717, 1.165) is 49.7 Å². The second-order valence-electron chi connectivity index (χ2n) is 5.91. The maximum Gasteiger partial charge on any atom is 0.351 e. The van der Waals surface area contributed by atoms with Crippen LogP contribution in [-0.4, -0.2) is 26.2 Å². The van der Waals surface area contributed by atoms with Gasteiger partial charge >= 0.3 is 11.6 Å². The second kappa shape index (κ2) is 4.87. The first-order chi connectivity index (χ1) is 10.7. The van der Waals surface area contributed by atoms with E-state index >= 15 is 0 Å². The summed E-state index contributed by atoms with van der Waals surface area (Å²) in [6, 6.07) is 3.67. The number of anilines is 1. The van der Waals surface area contributed by atoms with Gasteiger partial charge in [-0.2, -0.15) is 0 Å². The number of carbonyl (C=O) groups is 1. The van der Waals surface area contributed by atoms with E-state index in [-0.39, 0.29) is 5.56 Å². The van der Waals surface area contributed by atoms with Crippen molar-refractivity contribution in [2.24, 2.45) is 0 Å². The first kappa shape index (κ1) is 13.4. The number of carbonyl (C=O) groups excluding carboxylic acids is 1. The van der Waals surface area contributed by atoms with Crippen LogP contribution in [0.1, 0.15) is 34.3 Å². The van der Waals surface area contributed by atoms with Crippen LogP contribution in [0.5, 0.6) is 0 Å². The summed E-state index contributed by atoms with van der Waals surface area (Å²) >= 11 is 0. The molecule has 0 bridgehead atoms. The predicted octanol–water partition coefficient (Wildman–Crippen LogP) is 2.28. The van der Waals surface area contributed by atoms with E-state index in [0.29, 0.717) is 5.58 Å². The third kappa shape index (κ3) is 1.85. The van der Waals surface area contributed by atoms with Crippen molar-refractivity contribution in [2.45, 2.75) is 25.7 Å². The fraction of sp³-hybridized carbons (Fsp3) is 0.412. The molecule has 1 aromatic heterocycles. The molecule has 2 aliphatic rings. The van der Waals surface area contributed by atoms with E-state index in [1.165, 1.54) is 18.4 Å². The minimum absolute atomic E-state index is 0.0365. The number of aryl methyl sites for hydroxylation is 2. The van der Waals surface area contributed by atoms with Crippen LogP contribution in [0.3, 0.4) is 0 Å². The van der Waals surface area contributed by atoms with Crippen molar-refractivity contribution >= 4 is 22.6 Å². The molecule has 0 fully saturated rings. The molecule has 0 aliphatic carbocycles. The fourth-order valence-corrected chi connectivity index (χ4v) is 3.70. The standard InChI is InChI=1S/C17H17NO4/c1-21-16(19)13-9-11-8-10-4-2-6-18-7-3-5-12(14(10)18)15(11)22-17(13)20/h8-9H,2-7H2,1H3. The normalized spacial score (nSPS) is 16.5. The van der Waals surface area contributed by atoms with Crippen molar-refractivity contribution in [1.82, 2.24) is 0 Å². The molecule has 0 amide bonds. The van der Waals surface area contributed by atoms with Crippen LogP contribution < -0.4 is 10.5 Å². The Bertz CT molecular complexity index is 835. The summed E-state index contributed by atoms with van der Waals surface area (Å²) in [7, 11) is 1.26. The molecule has 5 nitrogen and oxygen atoms in total. The highest BCUT2D eigenvalue weighted by atomic mass is 16.5. The van der Waals surface area contributed by atoms with E-state index < -0.39 is 11.6 Å². The quantitative estimate of drug-likeness (QED) is 0.597. The number of benzene rings is 1. The lowest BCUT2D eigenvalue weighted by molar-refractivity contribution is 0.0596. The molecular formula is C17H17NO4. The molecular weight excluding hydrogens is 282 g/mol. The van der Waals surface area contributed by atoms with Crippen molar-refractivity contribution < 1.29 is 13.9 Å². The number of rotatable bonds is 1. The Morgan fingerprint density at radius 3 is 2.77 bits per heavy atom. The third-order valence-corrected chi connectivity index (χ3v) is 4.62. The van der Waals surface area contributed by atoms with E-state index in [1.807, 2.05) is 0 Å². The van der Waals surface area contributed by atoms with Crippen molar-refractivity contribution in [3.8, 4) is 0 Å². The second-order valence-corrected chi connectivity index (χ2v) is 5.91. The van der Waals surface area contributed by atoms with Gasteiger partial charge in [-0.05, 0) is 43.4 Å². The lowest BCUT2D eigenvalue weighted by Crippen LogP contribution is -2.34. The Morgan fingerprint density at radius 2 is 2.00 bits per heavy atom. The first-order valence-electron chi connectivity index (χ1n) is 7.65. The van der Waals surface area contributed by atoms with Gasteiger partial charge in [-0.25, -0.2) is 9.59 Å². The van der Waals surface area contributed by atoms with Crippen molar-refractivity contribution in [3.05, 3.63) is 39.2 Å². The monoisotopic (exact) mass is 299 g/mol. The Balaban J connectivity index is 2.02. The highest BCUT2D eigenvalue weighted by Gasteiger charge is 2.27. The zero-order valence-electron chi connectivity index (χ0n) is 12.5. The number of nitrogens with zero attached hydrogens (tertiary/aromatic N) is 1. The van der Waals surface area contributed by atoms with Crippen LogP contribution in [0, 0.1) is 0 Å². The molecule has 0 radical (unpaired) electrons. The van der Waals surface area contributed by atoms with Gasteiger partial charge < -0.3 is 14.1 Å². The molecule has 0 saturated carbocycles. The lowest BCUT2D eigenvalue weighted by Gasteiger charge is -2.37. The topological polar surface area (TPSA) is 59.8 Å². The van der Waals surface area contributed by atoms with E-state index in [4.69, 9.17) is 4.42 Å². The van der Waals surface area contributed by atoms with Gasteiger partial charge in [0.15, 0.2) is 0 Å². The van der Waals surface area contributed by atoms with Crippen molar-refractivity contribution in [2.75, 3.05) is 25.1 Å². The van der Waals surface area contributed by atoms with Crippen LogP contribution in [0.25, 0.3) is 11.0 Å². The molecule has 0 unspecified atom stereocenters. The number of esters is 1. The summed E-state index contributed by atoms with van der Waals surface area (Å²) in [6.07, 6.45) is 4.14. The largest absolute Gasteiger partial charge is 0.465 e. The molecule has 1 aromatic carbocycles. The van der Waals surface area contributed by atoms with Crippen LogP contribution in [0.4, 0.5) is 5.69 Å². The maximum atomic E-state index is 12.1. The van der Waals surface area contributed by atoms with E-state index in [2.05, 4.69) is 15.7 Å². The summed E-state index contributed by atoms with van der Waals surface area (Å²) in [4.78, 5) is 26.2. The third-order valence-electron chi connectivity index (χ3n) is 4.62. The summed E-state index contributed by atoms with van der Waals surface area (Å²) in [6.45, 7) is 2.13. The van der Waals surface area contributed by atoms with E-state index in [1.54, 1.807) is 6.07 Å². The lowest BCUT2D eigenvalue weighted by atomic mass is 9.90. The summed E-state index contributed by atoms with van der Waals surface area (Å²) in [5.41, 5.74) is 3.63. The van der Waals surface area contributed by atoms with Crippen LogP contribution in [0.2, 0.25) is 0 Å². The Hall–Kier alpha value is -2.30. The summed E-state index contributed by atoms with van der Waals surface area (Å²) < 4.78 is 10.2. The first-order valence-corrected chi connectivity index (χ1v) is 7.65. The van der Waals surface area contributed by atoms with Gasteiger partial charge in [-0.15, -0.1) is 0 Å². The Labute approximate surface area is 127 Å². The van der Waals surface area contributed by atoms with Gasteiger partial charge in [0.05, 0.1) is 7.11 Å². The van der Waals surface area contributed by atoms with Crippen molar-refractivity contribution in [3.63, 3.8) is 0 Å². The van der Waals surface area contributed by atoms with Crippen LogP contribution in [0.15, 0.2) is 21.3 Å². The SMILES string of the molecule is COC(=O)c1cc2cc3c4c(c2oc1=O)CCCN4CCC3. The maximum absolute atomic E-state index is 12.1. The zero-order chi connectivity index (χ0) is 15.3. The summed E-state index contributed by atoms with van der Waals surface area (Å²) in [5.74, 6) is -0.649. The summed E-state index contributed by atoms with van der Waals surface area (Å²) in [5, 5.41) is 0.817. The van der Waals surface area contributed by atoms with Crippen molar-refractivity contribution in [1.29, 1.82) is 0 Å². The van der Waals surface area contributed by atoms with Gasteiger partial charge in [-0.3, -0.25) is 0 Å². The molecule has 5 heteroatoms. The Kier molecular flexibility index (Phi) is 2.96. The molecule has 3 heterocycles. The van der Waals surface area contributed by atoms with Gasteiger partial charge in [0.25, 0.3) is 0 Å². The average molecular weight is 299 g/mol. The van der Waals surface area contributed by atoms with E-state index in [9.17, 15) is 9.59 Å². The molecule has 22 heavy (non-hydrogen) atoms. The van der Waals surface area contributed by atoms with Gasteiger partial charge in [-0.1, -0.05) is 0 Å². The molecule has 0 saturated heterocycles. The fourth-order valence-electron chi connectivity index (χ4n) is 3.70. The smallest absolute Gasteiger partial charge is 0.351 e. The Morgan fingerprint density at radius 1 is 1.23 bits per heavy atom. The van der Waals surface area contributed by atoms with Gasteiger partial charge in [0.1, 0.15) is 11.1 Å². The number of hydrogen-bond acceptors (Lipinski definition) is 5. The molecule has 0 atom stereocenters. The van der Waals surface area contributed by atoms with Crippen LogP contribution >= 0.6 is 0 Å². The highest BCUT2D eigenvalue weighted by Crippen LogP contribution is 2.39. The average Bonchev–Trinajstić information content (AvgIpc) is 2.55. The molecule has 2 aliphatic heterocycles. The molecule has 4 rings (SSSR count). The van der Waals surface area contributed by atoms with Gasteiger partial charge in [0, 0.05) is 29.7 Å². The van der Waals surface area contributed by atoms with Crippen LogP contribution in [-0.2, 0) is 17.6 Å². The minimum Gasteiger partial charge on any atom is -0.465 e. The minimum atomic E-state index is -0.649. The number of fused-ring (bicyclic) bond motifs is 2. The number of methoxy groups -OCH3 is 1. The predicted molar refractivity (Wildman–Crippen MR) is 82.7 cm³/mol.